The van der Waals surface area contributed by atoms with Gasteiger partial charge in [-0.3, -0.25) is 4.79 Å². The zero-order chi connectivity index (χ0) is 14.8. The molecule has 0 spiro atoms. The third-order valence-corrected chi connectivity index (χ3v) is 4.86. The van der Waals surface area contributed by atoms with Gasteiger partial charge in [0.15, 0.2) is 5.78 Å². The molecule has 0 bridgehead atoms. The molecule has 5 nitrogen and oxygen atoms in total. The highest BCUT2D eigenvalue weighted by Crippen LogP contribution is 2.28. The molecule has 1 fully saturated rings. The second-order valence-corrected chi connectivity index (χ2v) is 6.92. The standard InChI is InChI=1S/C13H17BrN2O3S.BrH/c14-9-12(17)10-4-5-11(13(8-10)20(15,18)19)16-6-2-1-3-7-16;/h4-5,8H,1-3,6-7,9H2,(H2,15,18,19);1H. The molecular weight excluding hydrogens is 424 g/mol. The predicted molar refractivity (Wildman–Crippen MR) is 92.3 cm³/mol. The van der Waals surface area contributed by atoms with Crippen molar-refractivity contribution in [3.05, 3.63) is 23.8 Å². The summed E-state index contributed by atoms with van der Waals surface area (Å²) in [5, 5.41) is 5.45. The normalized spacial score (nSPS) is 15.4. The predicted octanol–water partition coefficient (Wildman–Crippen LogP) is 2.48. The molecular formula is C13H18Br2N2O3S. The molecule has 1 aromatic carbocycles. The lowest BCUT2D eigenvalue weighted by atomic mass is 10.1. The van der Waals surface area contributed by atoms with Gasteiger partial charge in [-0.25, -0.2) is 13.6 Å². The fourth-order valence-corrected chi connectivity index (χ4v) is 3.49. The average Bonchev–Trinajstić information content (AvgIpc) is 2.46. The van der Waals surface area contributed by atoms with E-state index in [-0.39, 0.29) is 33.0 Å². The maximum atomic E-state index is 11.8. The molecule has 1 aliphatic heterocycles. The Morgan fingerprint density at radius 1 is 1.24 bits per heavy atom. The second kappa shape index (κ2) is 7.71. The number of ketones is 1. The van der Waals surface area contributed by atoms with Crippen LogP contribution in [-0.2, 0) is 10.0 Å². The number of halogens is 2. The molecule has 1 saturated heterocycles. The van der Waals surface area contributed by atoms with Crippen molar-refractivity contribution >= 4 is 54.4 Å². The average molecular weight is 442 g/mol. The number of alkyl halides is 1. The molecule has 0 saturated carbocycles. The number of Topliss-reactive ketones (excluding diaryl/α,β-unsaturated/α-hetero) is 1. The molecule has 8 heteroatoms. The van der Waals surface area contributed by atoms with Crippen molar-refractivity contribution in [2.45, 2.75) is 24.2 Å². The van der Waals surface area contributed by atoms with Gasteiger partial charge in [-0.1, -0.05) is 15.9 Å². The minimum atomic E-state index is -3.86. The van der Waals surface area contributed by atoms with Gasteiger partial charge in [0.1, 0.15) is 4.90 Å². The number of primary sulfonamides is 1. The highest BCUT2D eigenvalue weighted by atomic mass is 79.9. The van der Waals surface area contributed by atoms with E-state index < -0.39 is 10.0 Å². The van der Waals surface area contributed by atoms with Gasteiger partial charge in [-0.2, -0.15) is 0 Å². The van der Waals surface area contributed by atoms with Crippen molar-refractivity contribution in [1.29, 1.82) is 0 Å². The van der Waals surface area contributed by atoms with Crippen molar-refractivity contribution in [3.8, 4) is 0 Å². The first-order valence-electron chi connectivity index (χ1n) is 6.44. The zero-order valence-corrected chi connectivity index (χ0v) is 15.5. The third-order valence-electron chi connectivity index (χ3n) is 3.41. The van der Waals surface area contributed by atoms with Crippen molar-refractivity contribution in [2.75, 3.05) is 23.3 Å². The van der Waals surface area contributed by atoms with E-state index in [0.29, 0.717) is 11.3 Å². The summed E-state index contributed by atoms with van der Waals surface area (Å²) in [5.74, 6) is -0.167. The Balaban J connectivity index is 0.00000220. The zero-order valence-electron chi connectivity index (χ0n) is 11.4. The van der Waals surface area contributed by atoms with Crippen LogP contribution in [0.5, 0.6) is 0 Å². The van der Waals surface area contributed by atoms with Gasteiger partial charge < -0.3 is 4.90 Å². The van der Waals surface area contributed by atoms with Crippen molar-refractivity contribution in [3.63, 3.8) is 0 Å². The summed E-state index contributed by atoms with van der Waals surface area (Å²) < 4.78 is 23.6. The number of rotatable bonds is 4. The molecule has 0 aromatic heterocycles. The molecule has 0 aliphatic carbocycles. The van der Waals surface area contributed by atoms with Crippen molar-refractivity contribution < 1.29 is 13.2 Å². The minimum Gasteiger partial charge on any atom is -0.370 e. The number of carbonyl (C=O) groups is 1. The van der Waals surface area contributed by atoms with Gasteiger partial charge in [-0.15, -0.1) is 17.0 Å². The van der Waals surface area contributed by atoms with Crippen molar-refractivity contribution in [1.82, 2.24) is 0 Å². The van der Waals surface area contributed by atoms with E-state index in [9.17, 15) is 13.2 Å². The summed E-state index contributed by atoms with van der Waals surface area (Å²) in [6.45, 7) is 1.63. The van der Waals surface area contributed by atoms with Gasteiger partial charge in [-0.05, 0) is 37.5 Å². The van der Waals surface area contributed by atoms with Gasteiger partial charge in [0.05, 0.1) is 11.0 Å². The first-order valence-corrected chi connectivity index (χ1v) is 9.11. The second-order valence-electron chi connectivity index (χ2n) is 4.83. The van der Waals surface area contributed by atoms with Crippen LogP contribution >= 0.6 is 32.9 Å². The number of benzene rings is 1. The van der Waals surface area contributed by atoms with Crippen LogP contribution in [0.4, 0.5) is 5.69 Å². The third kappa shape index (κ3) is 4.51. The monoisotopic (exact) mass is 440 g/mol. The molecule has 0 unspecified atom stereocenters. The highest BCUT2D eigenvalue weighted by Gasteiger charge is 2.22. The Hall–Kier alpha value is -0.440. The molecule has 0 atom stereocenters. The number of carbonyl (C=O) groups excluding carboxylic acids is 1. The fourth-order valence-electron chi connectivity index (χ4n) is 2.39. The highest BCUT2D eigenvalue weighted by molar-refractivity contribution is 9.09. The smallest absolute Gasteiger partial charge is 0.240 e. The van der Waals surface area contributed by atoms with Crippen molar-refractivity contribution in [2.24, 2.45) is 5.14 Å². The van der Waals surface area contributed by atoms with E-state index in [0.717, 1.165) is 32.4 Å². The molecule has 118 valence electrons. The Morgan fingerprint density at radius 2 is 1.86 bits per heavy atom. The number of piperidine rings is 1. The maximum absolute atomic E-state index is 11.8. The van der Waals surface area contributed by atoms with Crippen LogP contribution < -0.4 is 10.0 Å². The first kappa shape index (κ1) is 18.6. The lowest BCUT2D eigenvalue weighted by Gasteiger charge is -2.30. The van der Waals surface area contributed by atoms with Gasteiger partial charge in [0.25, 0.3) is 0 Å². The van der Waals surface area contributed by atoms with Crippen LogP contribution in [-0.4, -0.2) is 32.6 Å². The number of nitrogens with zero attached hydrogens (tertiary/aromatic N) is 1. The number of anilines is 1. The lowest BCUT2D eigenvalue weighted by molar-refractivity contribution is 0.102. The summed E-state index contributed by atoms with van der Waals surface area (Å²) in [5.41, 5.74) is 0.949. The molecule has 1 aromatic rings. The van der Waals surface area contributed by atoms with Crippen LogP contribution in [0.15, 0.2) is 23.1 Å². The number of hydrogen-bond donors (Lipinski definition) is 1. The Labute approximate surface area is 143 Å². The SMILES string of the molecule is Br.NS(=O)(=O)c1cc(C(=O)CBr)ccc1N1CCCCC1. The Bertz CT molecular complexity index is 614. The largest absolute Gasteiger partial charge is 0.370 e. The summed E-state index contributed by atoms with van der Waals surface area (Å²) in [4.78, 5) is 13.7. The number of sulfonamides is 1. The van der Waals surface area contributed by atoms with Crippen LogP contribution in [0.1, 0.15) is 29.6 Å². The fraction of sp³-hybridized carbons (Fsp3) is 0.462. The van der Waals surface area contributed by atoms with Crippen LogP contribution in [0.3, 0.4) is 0 Å². The molecule has 21 heavy (non-hydrogen) atoms. The van der Waals surface area contributed by atoms with E-state index >= 15 is 0 Å². The van der Waals surface area contributed by atoms with Crippen LogP contribution in [0.25, 0.3) is 0 Å². The van der Waals surface area contributed by atoms with E-state index in [1.165, 1.54) is 6.07 Å². The molecule has 2 rings (SSSR count). The van der Waals surface area contributed by atoms with Crippen LogP contribution in [0, 0.1) is 0 Å². The topological polar surface area (TPSA) is 80.5 Å². The van der Waals surface area contributed by atoms with Gasteiger partial charge in [0, 0.05) is 18.7 Å². The van der Waals surface area contributed by atoms with E-state index in [1.807, 2.05) is 4.90 Å². The summed E-state index contributed by atoms with van der Waals surface area (Å²) >= 11 is 3.08. The van der Waals surface area contributed by atoms with Crippen LogP contribution in [0.2, 0.25) is 0 Å². The maximum Gasteiger partial charge on any atom is 0.240 e. The van der Waals surface area contributed by atoms with Gasteiger partial charge in [0.2, 0.25) is 10.0 Å². The van der Waals surface area contributed by atoms with E-state index in [4.69, 9.17) is 5.14 Å². The molecule has 1 aliphatic rings. The Kier molecular flexibility index (Phi) is 6.83. The summed E-state index contributed by atoms with van der Waals surface area (Å²) in [6, 6.07) is 4.71. The minimum absolute atomic E-state index is 0. The first-order chi connectivity index (χ1) is 9.43. The summed E-state index contributed by atoms with van der Waals surface area (Å²) in [7, 11) is -3.86. The number of nitrogens with two attached hydrogens (primary N) is 1. The lowest BCUT2D eigenvalue weighted by Crippen LogP contribution is -2.31. The molecule has 1 heterocycles. The van der Waals surface area contributed by atoms with E-state index in [2.05, 4.69) is 15.9 Å². The Morgan fingerprint density at radius 3 is 2.38 bits per heavy atom. The molecule has 0 radical (unpaired) electrons. The molecule has 2 N–H and O–H groups in total. The summed E-state index contributed by atoms with van der Waals surface area (Å²) in [6.07, 6.45) is 3.22. The quantitative estimate of drug-likeness (QED) is 0.574. The van der Waals surface area contributed by atoms with E-state index in [1.54, 1.807) is 12.1 Å². The van der Waals surface area contributed by atoms with Gasteiger partial charge >= 0.3 is 0 Å². The number of hydrogen-bond acceptors (Lipinski definition) is 4. The molecule has 0 amide bonds.